The first-order valence-electron chi connectivity index (χ1n) is 5.84. The standard InChI is InChI=1S/C12H11F3N2O3/c13-12(14,15)8-1-2-9(16-5-8)10(18)17-4-3-7(6-17)11(19)20/h1-2,5,7H,3-4,6H2,(H,19,20). The first-order chi connectivity index (χ1) is 9.29. The van der Waals surface area contributed by atoms with Gasteiger partial charge in [-0.3, -0.25) is 14.6 Å². The van der Waals surface area contributed by atoms with E-state index in [4.69, 9.17) is 5.11 Å². The summed E-state index contributed by atoms with van der Waals surface area (Å²) in [6.07, 6.45) is -3.57. The van der Waals surface area contributed by atoms with Gasteiger partial charge in [0.25, 0.3) is 5.91 Å². The molecule has 1 aliphatic heterocycles. The molecule has 1 aliphatic rings. The van der Waals surface area contributed by atoms with Crippen LogP contribution in [0.1, 0.15) is 22.5 Å². The summed E-state index contributed by atoms with van der Waals surface area (Å²) in [5, 5.41) is 8.83. The number of hydrogen-bond donors (Lipinski definition) is 1. The second-order valence-corrected chi connectivity index (χ2v) is 4.50. The third kappa shape index (κ3) is 2.89. The minimum absolute atomic E-state index is 0.0524. The van der Waals surface area contributed by atoms with E-state index >= 15 is 0 Å². The number of rotatable bonds is 2. The zero-order valence-corrected chi connectivity index (χ0v) is 10.2. The number of carbonyl (C=O) groups excluding carboxylic acids is 1. The summed E-state index contributed by atoms with van der Waals surface area (Å²) in [6, 6.07) is 1.78. The number of amides is 1. The Bertz CT molecular complexity index is 528. The van der Waals surface area contributed by atoms with Gasteiger partial charge >= 0.3 is 12.1 Å². The average molecular weight is 288 g/mol. The molecule has 0 radical (unpaired) electrons. The van der Waals surface area contributed by atoms with Crippen molar-refractivity contribution in [3.05, 3.63) is 29.6 Å². The number of pyridine rings is 1. The van der Waals surface area contributed by atoms with Crippen LogP contribution in [0.2, 0.25) is 0 Å². The van der Waals surface area contributed by atoms with E-state index in [2.05, 4.69) is 4.98 Å². The molecule has 1 aromatic heterocycles. The third-order valence-electron chi connectivity index (χ3n) is 3.13. The first kappa shape index (κ1) is 14.3. The van der Waals surface area contributed by atoms with Gasteiger partial charge in [-0.15, -0.1) is 0 Å². The Morgan fingerprint density at radius 1 is 1.35 bits per heavy atom. The molecule has 0 spiro atoms. The van der Waals surface area contributed by atoms with E-state index in [1.165, 1.54) is 4.90 Å². The number of aliphatic carboxylic acids is 1. The number of carbonyl (C=O) groups is 2. The fourth-order valence-electron chi connectivity index (χ4n) is 2.00. The molecule has 108 valence electrons. The number of nitrogens with zero attached hydrogens (tertiary/aromatic N) is 2. The molecule has 1 aromatic rings. The number of halogens is 3. The van der Waals surface area contributed by atoms with Crippen LogP contribution in [0.4, 0.5) is 13.2 Å². The van der Waals surface area contributed by atoms with Crippen molar-refractivity contribution in [2.75, 3.05) is 13.1 Å². The quantitative estimate of drug-likeness (QED) is 0.898. The Morgan fingerprint density at radius 3 is 2.50 bits per heavy atom. The van der Waals surface area contributed by atoms with Gasteiger partial charge in [0.05, 0.1) is 11.5 Å². The Hall–Kier alpha value is -2.12. The van der Waals surface area contributed by atoms with Crippen molar-refractivity contribution in [3.8, 4) is 0 Å². The molecular weight excluding hydrogens is 277 g/mol. The minimum Gasteiger partial charge on any atom is -0.481 e. The van der Waals surface area contributed by atoms with E-state index in [0.717, 1.165) is 12.1 Å². The lowest BCUT2D eigenvalue weighted by Crippen LogP contribution is -2.30. The van der Waals surface area contributed by atoms with Crippen LogP contribution in [-0.2, 0) is 11.0 Å². The van der Waals surface area contributed by atoms with Gasteiger partial charge in [-0.05, 0) is 18.6 Å². The van der Waals surface area contributed by atoms with Crippen molar-refractivity contribution < 1.29 is 27.9 Å². The Morgan fingerprint density at radius 2 is 2.05 bits per heavy atom. The summed E-state index contributed by atoms with van der Waals surface area (Å²) >= 11 is 0. The Kier molecular flexibility index (Phi) is 3.65. The number of carboxylic acid groups (broad SMARTS) is 1. The molecule has 5 nitrogen and oxygen atoms in total. The zero-order chi connectivity index (χ0) is 14.9. The normalized spacial score (nSPS) is 19.1. The van der Waals surface area contributed by atoms with Crippen LogP contribution >= 0.6 is 0 Å². The van der Waals surface area contributed by atoms with Crippen LogP contribution in [0.25, 0.3) is 0 Å². The summed E-state index contributed by atoms with van der Waals surface area (Å²) in [4.78, 5) is 27.5. The lowest BCUT2D eigenvalue weighted by Gasteiger charge is -2.15. The lowest BCUT2D eigenvalue weighted by molar-refractivity contribution is -0.141. The molecule has 1 amide bonds. The first-order valence-corrected chi connectivity index (χ1v) is 5.84. The molecule has 1 atom stereocenters. The minimum atomic E-state index is -4.50. The predicted molar refractivity (Wildman–Crippen MR) is 60.9 cm³/mol. The molecular formula is C12H11F3N2O3. The monoisotopic (exact) mass is 288 g/mol. The third-order valence-corrected chi connectivity index (χ3v) is 3.13. The van der Waals surface area contributed by atoms with E-state index < -0.39 is 29.5 Å². The smallest absolute Gasteiger partial charge is 0.417 e. The molecule has 0 bridgehead atoms. The highest BCUT2D eigenvalue weighted by atomic mass is 19.4. The summed E-state index contributed by atoms with van der Waals surface area (Å²) in [5.74, 6) is -2.17. The molecule has 2 rings (SSSR count). The maximum absolute atomic E-state index is 12.4. The topological polar surface area (TPSA) is 70.5 Å². The van der Waals surface area contributed by atoms with Crippen molar-refractivity contribution in [2.45, 2.75) is 12.6 Å². The summed E-state index contributed by atoms with van der Waals surface area (Å²) in [7, 11) is 0. The Balaban J connectivity index is 2.09. The molecule has 0 aromatic carbocycles. The van der Waals surface area contributed by atoms with Crippen LogP contribution < -0.4 is 0 Å². The number of alkyl halides is 3. The molecule has 1 N–H and O–H groups in total. The van der Waals surface area contributed by atoms with Gasteiger partial charge < -0.3 is 10.0 Å². The molecule has 1 fully saturated rings. The van der Waals surface area contributed by atoms with Gasteiger partial charge in [-0.1, -0.05) is 0 Å². The van der Waals surface area contributed by atoms with E-state index in [1.54, 1.807) is 0 Å². The maximum Gasteiger partial charge on any atom is 0.417 e. The average Bonchev–Trinajstić information content (AvgIpc) is 2.86. The molecule has 0 aliphatic carbocycles. The summed E-state index contributed by atoms with van der Waals surface area (Å²) < 4.78 is 37.1. The molecule has 1 unspecified atom stereocenters. The maximum atomic E-state index is 12.4. The van der Waals surface area contributed by atoms with Crippen LogP contribution in [0, 0.1) is 5.92 Å². The highest BCUT2D eigenvalue weighted by Gasteiger charge is 2.33. The van der Waals surface area contributed by atoms with Crippen LogP contribution in [0.15, 0.2) is 18.3 Å². The van der Waals surface area contributed by atoms with Crippen molar-refractivity contribution in [1.29, 1.82) is 0 Å². The number of aromatic nitrogens is 1. The van der Waals surface area contributed by atoms with Gasteiger partial charge in [-0.25, -0.2) is 0 Å². The zero-order valence-electron chi connectivity index (χ0n) is 10.2. The lowest BCUT2D eigenvalue weighted by atomic mass is 10.1. The summed E-state index contributed by atoms with van der Waals surface area (Å²) in [5.41, 5.74) is -1.05. The molecule has 20 heavy (non-hydrogen) atoms. The van der Waals surface area contributed by atoms with Crippen LogP contribution in [-0.4, -0.2) is 40.0 Å². The van der Waals surface area contributed by atoms with E-state index in [0.29, 0.717) is 12.6 Å². The fourth-order valence-corrected chi connectivity index (χ4v) is 2.00. The Labute approximate surface area is 112 Å². The van der Waals surface area contributed by atoms with Gasteiger partial charge in [0.1, 0.15) is 5.69 Å². The number of carboxylic acids is 1. The van der Waals surface area contributed by atoms with E-state index in [1.807, 2.05) is 0 Å². The number of hydrogen-bond acceptors (Lipinski definition) is 3. The van der Waals surface area contributed by atoms with Gasteiger partial charge in [0.2, 0.25) is 0 Å². The second kappa shape index (κ2) is 5.10. The highest BCUT2D eigenvalue weighted by Crippen LogP contribution is 2.28. The SMILES string of the molecule is O=C(O)C1CCN(C(=O)c2ccc(C(F)(F)F)cn2)C1. The largest absolute Gasteiger partial charge is 0.481 e. The molecule has 0 saturated carbocycles. The van der Waals surface area contributed by atoms with Crippen molar-refractivity contribution in [1.82, 2.24) is 9.88 Å². The predicted octanol–water partition coefficient (Wildman–Crippen LogP) is 1.65. The molecule has 1 saturated heterocycles. The van der Waals surface area contributed by atoms with Crippen molar-refractivity contribution in [2.24, 2.45) is 5.92 Å². The summed E-state index contributed by atoms with van der Waals surface area (Å²) in [6.45, 7) is 0.315. The van der Waals surface area contributed by atoms with Crippen LogP contribution in [0.5, 0.6) is 0 Å². The van der Waals surface area contributed by atoms with Gasteiger partial charge in [0.15, 0.2) is 0 Å². The molecule has 2 heterocycles. The number of likely N-dealkylation sites (tertiary alicyclic amines) is 1. The van der Waals surface area contributed by atoms with E-state index in [9.17, 15) is 22.8 Å². The fraction of sp³-hybridized carbons (Fsp3) is 0.417. The van der Waals surface area contributed by atoms with Crippen molar-refractivity contribution >= 4 is 11.9 Å². The van der Waals surface area contributed by atoms with Gasteiger partial charge in [-0.2, -0.15) is 13.2 Å². The second-order valence-electron chi connectivity index (χ2n) is 4.50. The van der Waals surface area contributed by atoms with Crippen molar-refractivity contribution in [3.63, 3.8) is 0 Å². The molecule has 8 heteroatoms. The van der Waals surface area contributed by atoms with Gasteiger partial charge in [0, 0.05) is 19.3 Å². The highest BCUT2D eigenvalue weighted by molar-refractivity contribution is 5.93. The van der Waals surface area contributed by atoms with Crippen LogP contribution in [0.3, 0.4) is 0 Å². The van der Waals surface area contributed by atoms with E-state index in [-0.39, 0.29) is 18.8 Å².